The smallest absolute Gasteiger partial charge is 0.305 e. The topological polar surface area (TPSA) is 104 Å². The van der Waals surface area contributed by atoms with Gasteiger partial charge in [-0.25, -0.2) is 0 Å². The number of carbonyl (C=O) groups is 3. The molecule has 1 amide bonds. The number of carboxylic acids is 2. The first-order valence-corrected chi connectivity index (χ1v) is 5.67. The van der Waals surface area contributed by atoms with Gasteiger partial charge in [0.2, 0.25) is 5.91 Å². The number of methoxy groups -OCH3 is 1. The summed E-state index contributed by atoms with van der Waals surface area (Å²) in [6.07, 6.45) is 0.164. The van der Waals surface area contributed by atoms with Crippen molar-refractivity contribution in [2.75, 3.05) is 26.8 Å². The third-order valence-corrected chi connectivity index (χ3v) is 2.29. The zero-order chi connectivity index (χ0) is 14.0. The molecule has 0 saturated heterocycles. The molecule has 2 N–H and O–H groups in total. The molecular weight excluding hydrogens is 242 g/mol. The van der Waals surface area contributed by atoms with Crippen LogP contribution in [0.3, 0.4) is 0 Å². The number of nitrogens with zero attached hydrogens (tertiary/aromatic N) is 1. The molecule has 0 aliphatic heterocycles. The van der Waals surface area contributed by atoms with E-state index in [-0.39, 0.29) is 38.1 Å². The Hall–Kier alpha value is -1.63. The van der Waals surface area contributed by atoms with Gasteiger partial charge >= 0.3 is 11.9 Å². The van der Waals surface area contributed by atoms with E-state index in [1.807, 2.05) is 0 Å². The van der Waals surface area contributed by atoms with Crippen molar-refractivity contribution in [2.24, 2.45) is 0 Å². The highest BCUT2D eigenvalue weighted by Gasteiger charge is 2.14. The molecule has 0 radical (unpaired) electrons. The van der Waals surface area contributed by atoms with Crippen LogP contribution in [0.5, 0.6) is 0 Å². The average Bonchev–Trinajstić information content (AvgIpc) is 2.28. The second-order valence-electron chi connectivity index (χ2n) is 3.76. The van der Waals surface area contributed by atoms with E-state index in [1.54, 1.807) is 0 Å². The number of hydrogen-bond donors (Lipinski definition) is 2. The Labute approximate surface area is 105 Å². The number of aliphatic carboxylic acids is 2. The molecule has 0 rings (SSSR count). The summed E-state index contributed by atoms with van der Waals surface area (Å²) in [5.74, 6) is -2.16. The van der Waals surface area contributed by atoms with Gasteiger partial charge in [-0.3, -0.25) is 14.4 Å². The van der Waals surface area contributed by atoms with Crippen molar-refractivity contribution in [1.82, 2.24) is 4.90 Å². The van der Waals surface area contributed by atoms with Gasteiger partial charge in [0, 0.05) is 33.0 Å². The van der Waals surface area contributed by atoms with Gasteiger partial charge in [0.1, 0.15) is 0 Å². The van der Waals surface area contributed by atoms with E-state index in [2.05, 4.69) is 0 Å². The molecule has 0 aromatic rings. The van der Waals surface area contributed by atoms with Gasteiger partial charge in [-0.2, -0.15) is 0 Å². The second kappa shape index (κ2) is 9.41. The van der Waals surface area contributed by atoms with E-state index < -0.39 is 11.9 Å². The first-order valence-electron chi connectivity index (χ1n) is 5.67. The third-order valence-electron chi connectivity index (χ3n) is 2.29. The van der Waals surface area contributed by atoms with Crippen LogP contribution in [0.15, 0.2) is 0 Å². The predicted molar refractivity (Wildman–Crippen MR) is 62.2 cm³/mol. The van der Waals surface area contributed by atoms with Crippen molar-refractivity contribution in [3.63, 3.8) is 0 Å². The van der Waals surface area contributed by atoms with Gasteiger partial charge in [0.15, 0.2) is 0 Å². The highest BCUT2D eigenvalue weighted by Crippen LogP contribution is 2.02. The molecule has 18 heavy (non-hydrogen) atoms. The summed E-state index contributed by atoms with van der Waals surface area (Å²) in [7, 11) is 1.49. The lowest BCUT2D eigenvalue weighted by Gasteiger charge is -2.21. The predicted octanol–water partition coefficient (Wildman–Crippen LogP) is 0.191. The maximum absolute atomic E-state index is 11.7. The second-order valence-corrected chi connectivity index (χ2v) is 3.76. The van der Waals surface area contributed by atoms with Crippen LogP contribution in [-0.2, 0) is 19.1 Å². The first-order chi connectivity index (χ1) is 8.47. The molecule has 0 aromatic carbocycles. The quantitative estimate of drug-likeness (QED) is 0.581. The lowest BCUT2D eigenvalue weighted by Crippen LogP contribution is -2.35. The summed E-state index contributed by atoms with van der Waals surface area (Å²) in [6.45, 7) is 0.755. The van der Waals surface area contributed by atoms with E-state index in [0.29, 0.717) is 13.2 Å². The van der Waals surface area contributed by atoms with Gasteiger partial charge in [-0.1, -0.05) is 0 Å². The van der Waals surface area contributed by atoms with Gasteiger partial charge < -0.3 is 19.8 Å². The summed E-state index contributed by atoms with van der Waals surface area (Å²) < 4.78 is 4.84. The fourth-order valence-corrected chi connectivity index (χ4v) is 1.34. The molecule has 0 bridgehead atoms. The number of carbonyl (C=O) groups excluding carboxylic acids is 1. The van der Waals surface area contributed by atoms with Crippen LogP contribution in [-0.4, -0.2) is 59.8 Å². The molecule has 0 fully saturated rings. The summed E-state index contributed by atoms with van der Waals surface area (Å²) in [5, 5.41) is 17.0. The summed E-state index contributed by atoms with van der Waals surface area (Å²) in [4.78, 5) is 33.9. The largest absolute Gasteiger partial charge is 0.481 e. The number of hydrogen-bond acceptors (Lipinski definition) is 4. The van der Waals surface area contributed by atoms with E-state index in [1.165, 1.54) is 12.0 Å². The Morgan fingerprint density at radius 1 is 1.00 bits per heavy atom. The minimum absolute atomic E-state index is 0.0667. The minimum atomic E-state index is -0.976. The Kier molecular flexibility index (Phi) is 8.55. The normalized spacial score (nSPS) is 10.1. The fourth-order valence-electron chi connectivity index (χ4n) is 1.34. The number of amides is 1. The van der Waals surface area contributed by atoms with Crippen LogP contribution < -0.4 is 0 Å². The standard InChI is InChI=1S/C11H19NO6/c1-18-8-7-12(6-5-11(16)17)9(13)3-2-4-10(14)15/h2-8H2,1H3,(H,14,15)(H,16,17). The molecule has 0 aromatic heterocycles. The lowest BCUT2D eigenvalue weighted by molar-refractivity contribution is -0.138. The Morgan fingerprint density at radius 2 is 1.61 bits per heavy atom. The Balaban J connectivity index is 4.12. The lowest BCUT2D eigenvalue weighted by atomic mass is 10.2. The van der Waals surface area contributed by atoms with Crippen LogP contribution >= 0.6 is 0 Å². The van der Waals surface area contributed by atoms with Crippen molar-refractivity contribution in [1.29, 1.82) is 0 Å². The molecule has 0 atom stereocenters. The van der Waals surface area contributed by atoms with Crippen LogP contribution in [0.1, 0.15) is 25.7 Å². The molecule has 104 valence electrons. The van der Waals surface area contributed by atoms with Crippen molar-refractivity contribution < 1.29 is 29.3 Å². The molecule has 0 heterocycles. The average molecular weight is 261 g/mol. The highest BCUT2D eigenvalue weighted by atomic mass is 16.5. The van der Waals surface area contributed by atoms with Crippen molar-refractivity contribution in [3.05, 3.63) is 0 Å². The Morgan fingerprint density at radius 3 is 2.11 bits per heavy atom. The number of carboxylic acid groups (broad SMARTS) is 2. The van der Waals surface area contributed by atoms with E-state index in [4.69, 9.17) is 14.9 Å². The molecule has 0 saturated carbocycles. The molecule has 0 unspecified atom stereocenters. The molecule has 0 spiro atoms. The van der Waals surface area contributed by atoms with Crippen LogP contribution in [0.4, 0.5) is 0 Å². The van der Waals surface area contributed by atoms with Crippen LogP contribution in [0, 0.1) is 0 Å². The van der Waals surface area contributed by atoms with Crippen LogP contribution in [0.2, 0.25) is 0 Å². The van der Waals surface area contributed by atoms with Crippen molar-refractivity contribution >= 4 is 17.8 Å². The van der Waals surface area contributed by atoms with Crippen LogP contribution in [0.25, 0.3) is 0 Å². The van der Waals surface area contributed by atoms with Crippen molar-refractivity contribution in [3.8, 4) is 0 Å². The minimum Gasteiger partial charge on any atom is -0.481 e. The zero-order valence-electron chi connectivity index (χ0n) is 10.4. The third kappa shape index (κ3) is 8.51. The maximum Gasteiger partial charge on any atom is 0.305 e. The van der Waals surface area contributed by atoms with Gasteiger partial charge in [-0.05, 0) is 6.42 Å². The Bertz CT molecular complexity index is 291. The van der Waals surface area contributed by atoms with E-state index in [9.17, 15) is 14.4 Å². The monoisotopic (exact) mass is 261 g/mol. The van der Waals surface area contributed by atoms with E-state index >= 15 is 0 Å². The molecule has 0 aliphatic carbocycles. The van der Waals surface area contributed by atoms with Gasteiger partial charge in [0.05, 0.1) is 13.0 Å². The maximum atomic E-state index is 11.7. The molecule has 7 heteroatoms. The first kappa shape index (κ1) is 16.4. The van der Waals surface area contributed by atoms with Gasteiger partial charge in [-0.15, -0.1) is 0 Å². The summed E-state index contributed by atoms with van der Waals surface area (Å²) in [5.41, 5.74) is 0. The molecular formula is C11H19NO6. The summed E-state index contributed by atoms with van der Waals surface area (Å²) in [6, 6.07) is 0. The fraction of sp³-hybridized carbons (Fsp3) is 0.727. The SMILES string of the molecule is COCCN(CCC(=O)O)C(=O)CCCC(=O)O. The molecule has 7 nitrogen and oxygen atoms in total. The van der Waals surface area contributed by atoms with E-state index in [0.717, 1.165) is 0 Å². The summed E-state index contributed by atoms with van der Waals surface area (Å²) >= 11 is 0. The van der Waals surface area contributed by atoms with Crippen molar-refractivity contribution in [2.45, 2.75) is 25.7 Å². The highest BCUT2D eigenvalue weighted by molar-refractivity contribution is 5.77. The zero-order valence-corrected chi connectivity index (χ0v) is 10.4. The number of ether oxygens (including phenoxy) is 1. The molecule has 0 aliphatic rings. The van der Waals surface area contributed by atoms with Gasteiger partial charge in [0.25, 0.3) is 0 Å². The number of rotatable bonds is 10.